The van der Waals surface area contributed by atoms with Gasteiger partial charge in [-0.2, -0.15) is 8.42 Å². The molecule has 0 bridgehead atoms. The molecule has 0 aliphatic carbocycles. The van der Waals surface area contributed by atoms with Crippen LogP contribution in [0.2, 0.25) is 0 Å². The first-order valence-corrected chi connectivity index (χ1v) is 9.03. The quantitative estimate of drug-likeness (QED) is 0.781. The fourth-order valence-corrected chi connectivity index (χ4v) is 4.33. The summed E-state index contributed by atoms with van der Waals surface area (Å²) in [5, 5.41) is 2.93. The predicted molar refractivity (Wildman–Crippen MR) is 102 cm³/mol. The highest BCUT2D eigenvalue weighted by Gasteiger charge is 2.41. The average molecular weight is 402 g/mol. The van der Waals surface area contributed by atoms with Crippen LogP contribution in [0.1, 0.15) is 0 Å². The van der Waals surface area contributed by atoms with E-state index in [1.165, 1.54) is 4.31 Å². The third-order valence-corrected chi connectivity index (χ3v) is 5.52. The summed E-state index contributed by atoms with van der Waals surface area (Å²) in [7, 11) is -2.25. The van der Waals surface area contributed by atoms with Crippen molar-refractivity contribution < 1.29 is 17.2 Å². The molecule has 0 unspecified atom stereocenters. The largest absolute Gasteiger partial charge is 0.331 e. The lowest BCUT2D eigenvalue weighted by atomic mass is 10.2. The van der Waals surface area contributed by atoms with Crippen molar-refractivity contribution in [3.05, 3.63) is 66.3 Å². The van der Waals surface area contributed by atoms with Gasteiger partial charge >= 0.3 is 10.2 Å². The topological polar surface area (TPSA) is 52.6 Å². The summed E-state index contributed by atoms with van der Waals surface area (Å²) in [5.41, 5.74) is 0.561. The Bertz CT molecular complexity index is 922. The summed E-state index contributed by atoms with van der Waals surface area (Å²) in [6.45, 7) is 0.714. The first kappa shape index (κ1) is 20.2. The molecule has 9 heteroatoms. The lowest BCUT2D eigenvalue weighted by molar-refractivity contribution is 0.579. The van der Waals surface area contributed by atoms with Crippen molar-refractivity contribution in [3.8, 4) is 0 Å². The standard InChI is InChI=1S/C17H17F2N3O2S.ClH/c1-20-10-4-5-11-21-16-6-2-3-7-17(16)22(25(21,23)24)15-9-8-13(18)12-14(15)19;/h2-9,12,20H,10-11H2,1H3;1H. The number of hydrogen-bond donors (Lipinski definition) is 1. The number of rotatable bonds is 5. The van der Waals surface area contributed by atoms with Crippen LogP contribution in [0.4, 0.5) is 25.8 Å². The van der Waals surface area contributed by atoms with Crippen LogP contribution in [0.25, 0.3) is 0 Å². The van der Waals surface area contributed by atoms with Gasteiger partial charge in [-0.05, 0) is 31.3 Å². The summed E-state index contributed by atoms with van der Waals surface area (Å²) in [6.07, 6.45) is 3.52. The SMILES string of the molecule is CNCC=CCN1c2ccccc2N(c2ccc(F)cc2F)S1(=O)=O.Cl. The first-order valence-electron chi connectivity index (χ1n) is 7.63. The van der Waals surface area contributed by atoms with E-state index in [9.17, 15) is 17.2 Å². The Hall–Kier alpha value is -2.16. The number of benzene rings is 2. The summed E-state index contributed by atoms with van der Waals surface area (Å²) < 4.78 is 55.5. The van der Waals surface area contributed by atoms with Crippen molar-refractivity contribution in [3.63, 3.8) is 0 Å². The fourth-order valence-electron chi connectivity index (χ4n) is 2.66. The molecule has 2 aromatic carbocycles. The van der Waals surface area contributed by atoms with E-state index in [0.29, 0.717) is 24.0 Å². The monoisotopic (exact) mass is 401 g/mol. The van der Waals surface area contributed by atoms with Crippen LogP contribution in [0.5, 0.6) is 0 Å². The maximum absolute atomic E-state index is 14.2. The normalized spacial score (nSPS) is 15.2. The van der Waals surface area contributed by atoms with Crippen LogP contribution >= 0.6 is 12.4 Å². The number of nitrogens with one attached hydrogen (secondary N) is 1. The number of anilines is 3. The Balaban J connectivity index is 0.00000243. The molecule has 2 aromatic rings. The highest BCUT2D eigenvalue weighted by atomic mass is 35.5. The molecule has 26 heavy (non-hydrogen) atoms. The summed E-state index contributed by atoms with van der Waals surface area (Å²) >= 11 is 0. The summed E-state index contributed by atoms with van der Waals surface area (Å²) in [5.74, 6) is -1.70. The number of hydrogen-bond acceptors (Lipinski definition) is 3. The van der Waals surface area contributed by atoms with Gasteiger partial charge in [0.25, 0.3) is 0 Å². The van der Waals surface area contributed by atoms with E-state index in [1.54, 1.807) is 43.5 Å². The minimum Gasteiger partial charge on any atom is -0.316 e. The van der Waals surface area contributed by atoms with Crippen LogP contribution in [0, 0.1) is 11.6 Å². The Kier molecular flexibility index (Phi) is 6.22. The van der Waals surface area contributed by atoms with E-state index in [-0.39, 0.29) is 24.6 Å². The van der Waals surface area contributed by atoms with E-state index in [0.717, 1.165) is 16.4 Å². The number of nitrogens with zero attached hydrogens (tertiary/aromatic N) is 2. The average Bonchev–Trinajstić information content (AvgIpc) is 2.79. The van der Waals surface area contributed by atoms with Crippen molar-refractivity contribution in [2.75, 3.05) is 28.7 Å². The van der Waals surface area contributed by atoms with Crippen LogP contribution in [-0.2, 0) is 10.2 Å². The van der Waals surface area contributed by atoms with Gasteiger partial charge in [0.05, 0.1) is 23.6 Å². The highest BCUT2D eigenvalue weighted by molar-refractivity contribution is 7.95. The lowest BCUT2D eigenvalue weighted by Gasteiger charge is -2.21. The minimum atomic E-state index is -4.03. The third kappa shape index (κ3) is 3.53. The molecule has 0 aromatic heterocycles. The van der Waals surface area contributed by atoms with E-state index in [4.69, 9.17) is 0 Å². The van der Waals surface area contributed by atoms with Gasteiger partial charge in [-0.25, -0.2) is 17.4 Å². The second kappa shape index (κ2) is 8.03. The van der Waals surface area contributed by atoms with Crippen molar-refractivity contribution in [2.24, 2.45) is 0 Å². The van der Waals surface area contributed by atoms with Crippen LogP contribution in [0.15, 0.2) is 54.6 Å². The molecule has 1 aliphatic heterocycles. The number of likely N-dealkylation sites (N-methyl/N-ethyl adjacent to an activating group) is 1. The van der Waals surface area contributed by atoms with E-state index < -0.39 is 21.8 Å². The summed E-state index contributed by atoms with van der Waals surface area (Å²) in [4.78, 5) is 0. The Morgan fingerprint density at radius 3 is 2.38 bits per heavy atom. The molecule has 0 fully saturated rings. The molecular weight excluding hydrogens is 384 g/mol. The maximum Gasteiger partial charge on any atom is 0.331 e. The van der Waals surface area contributed by atoms with Crippen molar-refractivity contribution >= 4 is 39.7 Å². The van der Waals surface area contributed by atoms with E-state index >= 15 is 0 Å². The Morgan fingerprint density at radius 2 is 1.73 bits per heavy atom. The molecule has 0 spiro atoms. The van der Waals surface area contributed by atoms with Gasteiger partial charge in [-0.1, -0.05) is 24.3 Å². The molecule has 1 aliphatic rings. The molecule has 0 atom stereocenters. The molecule has 0 amide bonds. The molecular formula is C17H18ClF2N3O2S. The fraction of sp³-hybridized carbons (Fsp3) is 0.176. The van der Waals surface area contributed by atoms with Crippen LogP contribution in [0.3, 0.4) is 0 Å². The molecule has 0 radical (unpaired) electrons. The van der Waals surface area contributed by atoms with Gasteiger partial charge < -0.3 is 5.32 Å². The highest BCUT2D eigenvalue weighted by Crippen LogP contribution is 2.45. The second-order valence-corrected chi connectivity index (χ2v) is 7.12. The molecule has 140 valence electrons. The molecule has 1 heterocycles. The zero-order valence-electron chi connectivity index (χ0n) is 13.9. The first-order chi connectivity index (χ1) is 12.0. The Morgan fingerprint density at radius 1 is 1.04 bits per heavy atom. The van der Waals surface area contributed by atoms with Crippen molar-refractivity contribution in [1.82, 2.24) is 5.32 Å². The third-order valence-electron chi connectivity index (χ3n) is 3.77. The van der Waals surface area contributed by atoms with Gasteiger partial charge in [-0.15, -0.1) is 12.4 Å². The molecule has 1 N–H and O–H groups in total. The summed E-state index contributed by atoms with van der Waals surface area (Å²) in [6, 6.07) is 9.45. The second-order valence-electron chi connectivity index (χ2n) is 5.42. The van der Waals surface area contributed by atoms with E-state index in [1.807, 2.05) is 0 Å². The molecule has 3 rings (SSSR count). The van der Waals surface area contributed by atoms with Gasteiger partial charge in [-0.3, -0.25) is 0 Å². The maximum atomic E-state index is 14.2. The number of halogens is 3. The van der Waals surface area contributed by atoms with Crippen molar-refractivity contribution in [1.29, 1.82) is 0 Å². The smallest absolute Gasteiger partial charge is 0.316 e. The van der Waals surface area contributed by atoms with Crippen molar-refractivity contribution in [2.45, 2.75) is 0 Å². The zero-order valence-corrected chi connectivity index (χ0v) is 15.5. The predicted octanol–water partition coefficient (Wildman–Crippen LogP) is 3.37. The van der Waals surface area contributed by atoms with E-state index in [2.05, 4.69) is 5.32 Å². The number of para-hydroxylation sites is 2. The molecule has 5 nitrogen and oxygen atoms in total. The Labute approximate surface area is 157 Å². The van der Waals surface area contributed by atoms with Gasteiger partial charge in [0, 0.05) is 12.6 Å². The van der Waals surface area contributed by atoms with Gasteiger partial charge in [0.1, 0.15) is 5.82 Å². The lowest BCUT2D eigenvalue weighted by Crippen LogP contribution is -2.35. The zero-order chi connectivity index (χ0) is 18.0. The minimum absolute atomic E-state index is 0. The molecule has 0 saturated carbocycles. The van der Waals surface area contributed by atoms with Crippen LogP contribution < -0.4 is 13.9 Å². The molecule has 0 saturated heterocycles. The van der Waals surface area contributed by atoms with Crippen LogP contribution in [-0.4, -0.2) is 28.6 Å². The van der Waals surface area contributed by atoms with Gasteiger partial charge in [0.15, 0.2) is 5.82 Å². The van der Waals surface area contributed by atoms with Gasteiger partial charge in [0.2, 0.25) is 0 Å². The number of fused-ring (bicyclic) bond motifs is 1.